The molecule has 8 heteroatoms. The van der Waals surface area contributed by atoms with Gasteiger partial charge in [-0.25, -0.2) is 4.98 Å². The maximum atomic E-state index is 13.2. The Balaban J connectivity index is 1.67. The number of rotatable bonds is 5. The van der Waals surface area contributed by atoms with Crippen LogP contribution in [-0.2, 0) is 4.79 Å². The van der Waals surface area contributed by atoms with Gasteiger partial charge in [-0.1, -0.05) is 64.8 Å². The zero-order valence-electron chi connectivity index (χ0n) is 16.4. The lowest BCUT2D eigenvalue weighted by Crippen LogP contribution is -2.23. The standard InChI is InChI=1S/C23H17Cl2N3O2S/c1-14-6-9-16(10-7-14)28-22(30)17-4-2-3-5-19(17)27-23(28)31-13-21(29)26-20-12-15(24)8-11-18(20)25/h2-12H,13H2,1H3,(H,26,29). The van der Waals surface area contributed by atoms with Crippen molar-refractivity contribution in [2.24, 2.45) is 0 Å². The highest BCUT2D eigenvalue weighted by molar-refractivity contribution is 7.99. The van der Waals surface area contributed by atoms with Crippen LogP contribution in [-0.4, -0.2) is 21.2 Å². The molecule has 0 aliphatic rings. The van der Waals surface area contributed by atoms with E-state index in [9.17, 15) is 9.59 Å². The van der Waals surface area contributed by atoms with E-state index in [1.165, 1.54) is 16.3 Å². The quantitative estimate of drug-likeness (QED) is 0.299. The normalized spacial score (nSPS) is 10.9. The second kappa shape index (κ2) is 9.14. The van der Waals surface area contributed by atoms with Crippen molar-refractivity contribution in [3.05, 3.63) is 92.7 Å². The average Bonchev–Trinajstić information content (AvgIpc) is 2.76. The molecule has 0 unspecified atom stereocenters. The molecule has 31 heavy (non-hydrogen) atoms. The van der Waals surface area contributed by atoms with Crippen LogP contribution in [0.5, 0.6) is 0 Å². The number of nitrogens with zero attached hydrogens (tertiary/aromatic N) is 2. The summed E-state index contributed by atoms with van der Waals surface area (Å²) in [4.78, 5) is 30.4. The number of amides is 1. The minimum Gasteiger partial charge on any atom is -0.324 e. The molecule has 1 amide bonds. The third kappa shape index (κ3) is 4.77. The molecular formula is C23H17Cl2N3O2S. The highest BCUT2D eigenvalue weighted by atomic mass is 35.5. The van der Waals surface area contributed by atoms with E-state index in [2.05, 4.69) is 10.3 Å². The number of carbonyl (C=O) groups excluding carboxylic acids is 1. The monoisotopic (exact) mass is 469 g/mol. The predicted octanol–water partition coefficient (Wildman–Crippen LogP) is 5.73. The smallest absolute Gasteiger partial charge is 0.266 e. The number of benzene rings is 3. The number of anilines is 1. The molecular weight excluding hydrogens is 453 g/mol. The molecule has 1 heterocycles. The van der Waals surface area contributed by atoms with Gasteiger partial charge in [-0.15, -0.1) is 0 Å². The summed E-state index contributed by atoms with van der Waals surface area (Å²) in [5, 5.41) is 4.56. The maximum absolute atomic E-state index is 13.2. The SMILES string of the molecule is Cc1ccc(-n2c(SCC(=O)Nc3cc(Cl)ccc3Cl)nc3ccccc3c2=O)cc1. The van der Waals surface area contributed by atoms with Crippen molar-refractivity contribution in [1.29, 1.82) is 0 Å². The summed E-state index contributed by atoms with van der Waals surface area (Å²) >= 11 is 13.3. The predicted molar refractivity (Wildman–Crippen MR) is 128 cm³/mol. The summed E-state index contributed by atoms with van der Waals surface area (Å²) < 4.78 is 1.53. The summed E-state index contributed by atoms with van der Waals surface area (Å²) in [6, 6.07) is 19.6. The van der Waals surface area contributed by atoms with E-state index in [1.807, 2.05) is 37.3 Å². The Morgan fingerprint density at radius 3 is 2.58 bits per heavy atom. The van der Waals surface area contributed by atoms with Crippen LogP contribution < -0.4 is 10.9 Å². The first-order chi connectivity index (χ1) is 14.9. The molecule has 0 spiro atoms. The van der Waals surface area contributed by atoms with Gasteiger partial charge in [0.25, 0.3) is 5.56 Å². The fraction of sp³-hybridized carbons (Fsp3) is 0.0870. The second-order valence-corrected chi connectivity index (χ2v) is 8.63. The molecule has 3 aromatic carbocycles. The van der Waals surface area contributed by atoms with Gasteiger partial charge in [0.15, 0.2) is 5.16 Å². The number of carbonyl (C=O) groups is 1. The van der Waals surface area contributed by atoms with Crippen LogP contribution in [0.3, 0.4) is 0 Å². The van der Waals surface area contributed by atoms with Crippen molar-refractivity contribution < 1.29 is 4.79 Å². The van der Waals surface area contributed by atoms with E-state index < -0.39 is 0 Å². The third-order valence-electron chi connectivity index (χ3n) is 4.57. The van der Waals surface area contributed by atoms with E-state index in [4.69, 9.17) is 23.2 Å². The van der Waals surface area contributed by atoms with Crippen LogP contribution in [0.4, 0.5) is 5.69 Å². The molecule has 0 atom stereocenters. The fourth-order valence-electron chi connectivity index (χ4n) is 3.04. The molecule has 1 N–H and O–H groups in total. The Morgan fingerprint density at radius 1 is 1.06 bits per heavy atom. The molecule has 5 nitrogen and oxygen atoms in total. The van der Waals surface area contributed by atoms with Gasteiger partial charge in [0.2, 0.25) is 5.91 Å². The Bertz CT molecular complexity index is 1340. The van der Waals surface area contributed by atoms with E-state index >= 15 is 0 Å². The molecule has 0 aliphatic carbocycles. The van der Waals surface area contributed by atoms with Gasteiger partial charge >= 0.3 is 0 Å². The lowest BCUT2D eigenvalue weighted by atomic mass is 10.2. The summed E-state index contributed by atoms with van der Waals surface area (Å²) in [7, 11) is 0. The van der Waals surface area contributed by atoms with Crippen LogP contribution in [0.15, 0.2) is 76.7 Å². The van der Waals surface area contributed by atoms with Gasteiger partial charge in [-0.3, -0.25) is 14.2 Å². The topological polar surface area (TPSA) is 64.0 Å². The first-order valence-electron chi connectivity index (χ1n) is 9.39. The lowest BCUT2D eigenvalue weighted by molar-refractivity contribution is -0.113. The molecule has 0 saturated heterocycles. The number of aryl methyl sites for hydroxylation is 1. The minimum atomic E-state index is -0.285. The van der Waals surface area contributed by atoms with E-state index in [1.54, 1.807) is 36.4 Å². The highest BCUT2D eigenvalue weighted by Crippen LogP contribution is 2.26. The van der Waals surface area contributed by atoms with Crippen LogP contribution in [0.1, 0.15) is 5.56 Å². The van der Waals surface area contributed by atoms with Crippen LogP contribution in [0, 0.1) is 6.92 Å². The van der Waals surface area contributed by atoms with Gasteiger partial charge in [0.05, 0.1) is 33.1 Å². The summed E-state index contributed by atoms with van der Waals surface area (Å²) in [5.41, 5.74) is 2.60. The van der Waals surface area contributed by atoms with Crippen LogP contribution in [0.2, 0.25) is 10.0 Å². The minimum absolute atomic E-state index is 0.0412. The number of hydrogen-bond acceptors (Lipinski definition) is 4. The largest absolute Gasteiger partial charge is 0.324 e. The summed E-state index contributed by atoms with van der Waals surface area (Å²) in [6.45, 7) is 1.98. The Labute approximate surface area is 193 Å². The number of halogens is 2. The van der Waals surface area contributed by atoms with Crippen LogP contribution in [0.25, 0.3) is 16.6 Å². The summed E-state index contributed by atoms with van der Waals surface area (Å²) in [5.74, 6) is -0.244. The molecule has 156 valence electrons. The van der Waals surface area contributed by atoms with Gasteiger partial charge in [-0.2, -0.15) is 0 Å². The van der Waals surface area contributed by atoms with Gasteiger partial charge in [0.1, 0.15) is 0 Å². The number of nitrogens with one attached hydrogen (secondary N) is 1. The van der Waals surface area contributed by atoms with Crippen molar-refractivity contribution in [1.82, 2.24) is 9.55 Å². The molecule has 4 aromatic rings. The Kier molecular flexibility index (Phi) is 6.32. The van der Waals surface area contributed by atoms with Gasteiger partial charge in [-0.05, 0) is 49.4 Å². The highest BCUT2D eigenvalue weighted by Gasteiger charge is 2.15. The van der Waals surface area contributed by atoms with Crippen molar-refractivity contribution in [3.63, 3.8) is 0 Å². The number of fused-ring (bicyclic) bond motifs is 1. The molecule has 0 aliphatic heterocycles. The number of hydrogen-bond donors (Lipinski definition) is 1. The molecule has 0 bridgehead atoms. The van der Waals surface area contributed by atoms with Crippen molar-refractivity contribution >= 4 is 57.5 Å². The number of aromatic nitrogens is 2. The van der Waals surface area contributed by atoms with Crippen molar-refractivity contribution in [2.75, 3.05) is 11.1 Å². The second-order valence-electron chi connectivity index (χ2n) is 6.85. The van der Waals surface area contributed by atoms with E-state index in [0.717, 1.165) is 5.56 Å². The average molecular weight is 470 g/mol. The van der Waals surface area contributed by atoms with Gasteiger partial charge < -0.3 is 5.32 Å². The molecule has 0 radical (unpaired) electrons. The molecule has 4 rings (SSSR count). The lowest BCUT2D eigenvalue weighted by Gasteiger charge is -2.13. The zero-order chi connectivity index (χ0) is 22.0. The molecule has 0 fully saturated rings. The maximum Gasteiger partial charge on any atom is 0.266 e. The first kappa shape index (κ1) is 21.4. The van der Waals surface area contributed by atoms with E-state index in [0.29, 0.717) is 37.5 Å². The third-order valence-corrected chi connectivity index (χ3v) is 6.08. The molecule has 1 aromatic heterocycles. The van der Waals surface area contributed by atoms with E-state index in [-0.39, 0.29) is 17.2 Å². The van der Waals surface area contributed by atoms with Crippen LogP contribution >= 0.6 is 35.0 Å². The van der Waals surface area contributed by atoms with Crippen molar-refractivity contribution in [2.45, 2.75) is 12.1 Å². The zero-order valence-corrected chi connectivity index (χ0v) is 18.8. The number of thioether (sulfide) groups is 1. The Morgan fingerprint density at radius 2 is 1.81 bits per heavy atom. The molecule has 0 saturated carbocycles. The first-order valence-corrected chi connectivity index (χ1v) is 11.1. The Hall–Kier alpha value is -2.80. The summed E-state index contributed by atoms with van der Waals surface area (Å²) in [6.07, 6.45) is 0. The number of para-hydroxylation sites is 1. The van der Waals surface area contributed by atoms with Crippen molar-refractivity contribution in [3.8, 4) is 5.69 Å². The van der Waals surface area contributed by atoms with Gasteiger partial charge in [0, 0.05) is 5.02 Å². The fourth-order valence-corrected chi connectivity index (χ4v) is 4.19.